The van der Waals surface area contributed by atoms with Gasteiger partial charge in [-0.3, -0.25) is 4.55 Å². The Bertz CT molecular complexity index is 1670. The van der Waals surface area contributed by atoms with E-state index < -0.39 is 21.8 Å². The molecule has 0 radical (unpaired) electrons. The Hall–Kier alpha value is -3.93. The summed E-state index contributed by atoms with van der Waals surface area (Å²) in [6.45, 7) is 1.63. The summed E-state index contributed by atoms with van der Waals surface area (Å²) in [5.41, 5.74) is 2.19. The molecule has 4 aromatic carbocycles. The topological polar surface area (TPSA) is 149 Å². The van der Waals surface area contributed by atoms with E-state index in [9.17, 15) is 28.0 Å². The number of rotatable bonds is 5. The molecule has 1 aliphatic rings. The van der Waals surface area contributed by atoms with Gasteiger partial charge in [0, 0.05) is 5.39 Å². The van der Waals surface area contributed by atoms with E-state index in [0.717, 1.165) is 5.56 Å². The number of thioether (sulfide) groups is 1. The van der Waals surface area contributed by atoms with Crippen molar-refractivity contribution in [2.24, 2.45) is 10.2 Å². The van der Waals surface area contributed by atoms with E-state index in [0.29, 0.717) is 32.6 Å². The number of anilines is 1. The van der Waals surface area contributed by atoms with Crippen LogP contribution in [0.1, 0.15) is 26.9 Å². The van der Waals surface area contributed by atoms with Gasteiger partial charge in [0.2, 0.25) is 0 Å². The van der Waals surface area contributed by atoms with Crippen molar-refractivity contribution in [1.82, 2.24) is 0 Å². The van der Waals surface area contributed by atoms with Gasteiger partial charge in [-0.15, -0.1) is 5.11 Å². The summed E-state index contributed by atoms with van der Waals surface area (Å²) in [5.74, 6) is -1.73. The first-order valence-corrected chi connectivity index (χ1v) is 13.0. The molecule has 182 valence electrons. The summed E-state index contributed by atoms with van der Waals surface area (Å²) in [5, 5.41) is 32.4. The minimum atomic E-state index is -4.38. The molecule has 0 aromatic heterocycles. The Balaban J connectivity index is 1.43. The largest absolute Gasteiger partial charge is 0.505 e. The van der Waals surface area contributed by atoms with Gasteiger partial charge < -0.3 is 15.5 Å². The van der Waals surface area contributed by atoms with E-state index in [4.69, 9.17) is 0 Å². The lowest BCUT2D eigenvalue weighted by molar-refractivity contribution is 0.0694. The molecule has 0 amide bonds. The van der Waals surface area contributed by atoms with Gasteiger partial charge in [0.15, 0.2) is 5.75 Å². The van der Waals surface area contributed by atoms with Gasteiger partial charge >= 0.3 is 5.97 Å². The van der Waals surface area contributed by atoms with E-state index in [2.05, 4.69) is 15.5 Å². The Morgan fingerprint density at radius 1 is 1.03 bits per heavy atom. The van der Waals surface area contributed by atoms with Crippen molar-refractivity contribution < 1.29 is 28.0 Å². The Labute approximate surface area is 210 Å². The summed E-state index contributed by atoms with van der Waals surface area (Å²) in [6, 6.07) is 18.8. The number of aromatic carboxylic acids is 1. The van der Waals surface area contributed by atoms with Crippen LogP contribution in [0.15, 0.2) is 86.7 Å². The predicted octanol–water partition coefficient (Wildman–Crippen LogP) is 6.43. The number of benzene rings is 4. The Kier molecular flexibility index (Phi) is 5.91. The van der Waals surface area contributed by atoms with Gasteiger partial charge in [-0.1, -0.05) is 54.2 Å². The third kappa shape index (κ3) is 4.28. The average Bonchev–Trinajstić information content (AvgIpc) is 3.26. The maximum absolute atomic E-state index is 11.9. The highest BCUT2D eigenvalue weighted by Crippen LogP contribution is 2.50. The second kappa shape index (κ2) is 8.94. The number of carboxylic acids is 1. The standard InChI is InChI=1S/C25H19N3O6S2/c1-13-6-11-19-22(23(13)36(32,33)34)35-24(26-19)14-7-9-16(10-8-14)27-28-20-17-5-3-2-4-15(17)12-18(21(20)29)25(30)31/h2-12,24,26,29H,1H3,(H,30,31)(H,32,33,34). The van der Waals surface area contributed by atoms with Crippen molar-refractivity contribution in [3.8, 4) is 5.75 Å². The molecular weight excluding hydrogens is 502 g/mol. The second-order valence-electron chi connectivity index (χ2n) is 8.14. The molecule has 0 fully saturated rings. The van der Waals surface area contributed by atoms with E-state index in [1.807, 2.05) is 0 Å². The fraction of sp³-hybridized carbons (Fsp3) is 0.0800. The number of nitrogens with one attached hydrogen (secondary N) is 1. The number of nitrogens with zero attached hydrogens (tertiary/aromatic N) is 2. The van der Waals surface area contributed by atoms with Crippen LogP contribution >= 0.6 is 11.8 Å². The minimum absolute atomic E-state index is 0.0613. The van der Waals surface area contributed by atoms with Gasteiger partial charge in [-0.25, -0.2) is 4.79 Å². The molecule has 4 N–H and O–H groups in total. The van der Waals surface area contributed by atoms with Crippen molar-refractivity contribution >= 4 is 55.7 Å². The van der Waals surface area contributed by atoms with Gasteiger partial charge in [0.05, 0.1) is 16.3 Å². The maximum atomic E-state index is 11.9. The van der Waals surface area contributed by atoms with E-state index in [1.165, 1.54) is 17.8 Å². The van der Waals surface area contributed by atoms with Crippen LogP contribution in [0.3, 0.4) is 0 Å². The first-order chi connectivity index (χ1) is 17.1. The molecule has 0 aliphatic carbocycles. The number of hydrogen-bond donors (Lipinski definition) is 4. The zero-order chi connectivity index (χ0) is 25.6. The third-order valence-corrected chi connectivity index (χ3v) is 8.23. The summed E-state index contributed by atoms with van der Waals surface area (Å²) in [4.78, 5) is 11.9. The zero-order valence-electron chi connectivity index (χ0n) is 18.7. The molecule has 0 spiro atoms. The van der Waals surface area contributed by atoms with Gasteiger partial charge in [-0.05, 0) is 47.7 Å². The van der Waals surface area contributed by atoms with Crippen LogP contribution in [0, 0.1) is 6.92 Å². The lowest BCUT2D eigenvalue weighted by Gasteiger charge is -2.11. The van der Waals surface area contributed by atoms with Crippen LogP contribution in [0.2, 0.25) is 0 Å². The SMILES string of the molecule is Cc1ccc2c(c1S(=O)(=O)O)SC(c1ccc(N=Nc3c(O)c(C(=O)O)cc4ccccc34)cc1)N2. The fourth-order valence-corrected chi connectivity index (χ4v) is 6.57. The van der Waals surface area contributed by atoms with Crippen LogP contribution in [0.4, 0.5) is 17.1 Å². The van der Waals surface area contributed by atoms with Crippen molar-refractivity contribution in [1.29, 1.82) is 0 Å². The van der Waals surface area contributed by atoms with Crippen molar-refractivity contribution in [3.05, 3.63) is 83.4 Å². The highest BCUT2D eigenvalue weighted by atomic mass is 32.2. The Morgan fingerprint density at radius 3 is 2.44 bits per heavy atom. The zero-order valence-corrected chi connectivity index (χ0v) is 20.3. The highest BCUT2D eigenvalue weighted by molar-refractivity contribution is 8.00. The molecule has 5 rings (SSSR count). The molecular formula is C25H19N3O6S2. The molecule has 0 saturated carbocycles. The minimum Gasteiger partial charge on any atom is -0.505 e. The summed E-state index contributed by atoms with van der Waals surface area (Å²) >= 11 is 1.29. The van der Waals surface area contributed by atoms with Gasteiger partial charge in [0.25, 0.3) is 10.1 Å². The molecule has 0 saturated heterocycles. The van der Waals surface area contributed by atoms with E-state index in [1.54, 1.807) is 67.6 Å². The smallest absolute Gasteiger partial charge is 0.339 e. The van der Waals surface area contributed by atoms with Crippen molar-refractivity contribution in [2.45, 2.75) is 22.1 Å². The number of aromatic hydroxyl groups is 1. The number of carboxylic acid groups (broad SMARTS) is 1. The molecule has 11 heteroatoms. The fourth-order valence-electron chi connectivity index (χ4n) is 4.06. The van der Waals surface area contributed by atoms with Crippen LogP contribution in [-0.4, -0.2) is 29.2 Å². The molecule has 9 nitrogen and oxygen atoms in total. The number of carbonyl (C=O) groups is 1. The van der Waals surface area contributed by atoms with E-state index in [-0.39, 0.29) is 21.5 Å². The molecule has 0 bridgehead atoms. The molecule has 1 heterocycles. The number of fused-ring (bicyclic) bond motifs is 2. The van der Waals surface area contributed by atoms with Crippen molar-refractivity contribution in [3.63, 3.8) is 0 Å². The predicted molar refractivity (Wildman–Crippen MR) is 136 cm³/mol. The summed E-state index contributed by atoms with van der Waals surface area (Å²) in [6.07, 6.45) is 0. The maximum Gasteiger partial charge on any atom is 0.339 e. The van der Waals surface area contributed by atoms with Crippen LogP contribution in [0.5, 0.6) is 5.75 Å². The molecule has 1 atom stereocenters. The lowest BCUT2D eigenvalue weighted by atomic mass is 10.0. The normalized spacial score (nSPS) is 15.2. The van der Waals surface area contributed by atoms with Gasteiger partial charge in [0.1, 0.15) is 21.5 Å². The monoisotopic (exact) mass is 521 g/mol. The van der Waals surface area contributed by atoms with E-state index >= 15 is 0 Å². The van der Waals surface area contributed by atoms with Gasteiger partial charge in [-0.2, -0.15) is 13.5 Å². The Morgan fingerprint density at radius 2 is 1.75 bits per heavy atom. The quantitative estimate of drug-likeness (QED) is 0.173. The molecule has 4 aromatic rings. The molecule has 1 aliphatic heterocycles. The average molecular weight is 522 g/mol. The first-order valence-electron chi connectivity index (χ1n) is 10.7. The molecule has 36 heavy (non-hydrogen) atoms. The van der Waals surface area contributed by atoms with Crippen molar-refractivity contribution in [2.75, 3.05) is 5.32 Å². The summed E-state index contributed by atoms with van der Waals surface area (Å²) < 4.78 is 33.5. The lowest BCUT2D eigenvalue weighted by Crippen LogP contribution is -2.03. The number of aryl methyl sites for hydroxylation is 1. The highest BCUT2D eigenvalue weighted by Gasteiger charge is 2.30. The number of phenols is 1. The van der Waals surface area contributed by atoms with Crippen LogP contribution in [-0.2, 0) is 10.1 Å². The number of azo groups is 1. The third-order valence-electron chi connectivity index (χ3n) is 5.78. The van der Waals surface area contributed by atoms with Crippen LogP contribution < -0.4 is 5.32 Å². The first kappa shape index (κ1) is 23.8. The summed E-state index contributed by atoms with van der Waals surface area (Å²) in [7, 11) is -4.38. The molecule has 1 unspecified atom stereocenters. The second-order valence-corrected chi connectivity index (χ2v) is 10.6. The number of hydrogen-bond acceptors (Lipinski definition) is 8. The van der Waals surface area contributed by atoms with Crippen LogP contribution in [0.25, 0.3) is 10.8 Å².